The molecule has 1 N–H and O–H groups in total. The van der Waals surface area contributed by atoms with E-state index in [1.165, 1.54) is 19.2 Å². The van der Waals surface area contributed by atoms with Gasteiger partial charge in [0.15, 0.2) is 0 Å². The van der Waals surface area contributed by atoms with Gasteiger partial charge in [0.2, 0.25) is 5.95 Å². The normalized spacial score (nSPS) is 19.8. The molecule has 3 heterocycles. The zero-order valence-electron chi connectivity index (χ0n) is 11.5. The highest BCUT2D eigenvalue weighted by Crippen LogP contribution is 2.28. The molecule has 0 amide bonds. The van der Waals surface area contributed by atoms with Crippen molar-refractivity contribution in [2.75, 3.05) is 18.9 Å². The van der Waals surface area contributed by atoms with Gasteiger partial charge >= 0.3 is 0 Å². The van der Waals surface area contributed by atoms with Crippen LogP contribution in [0, 0.1) is 0 Å². The summed E-state index contributed by atoms with van der Waals surface area (Å²) in [7, 11) is 2.16. The predicted molar refractivity (Wildman–Crippen MR) is 76.6 cm³/mol. The van der Waals surface area contributed by atoms with Crippen molar-refractivity contribution in [1.82, 2.24) is 24.8 Å². The van der Waals surface area contributed by atoms with Crippen molar-refractivity contribution in [2.24, 2.45) is 0 Å². The first-order valence-electron chi connectivity index (χ1n) is 6.88. The van der Waals surface area contributed by atoms with Gasteiger partial charge < -0.3 is 5.32 Å². The molecule has 1 fully saturated rings. The fourth-order valence-corrected chi connectivity index (χ4v) is 2.56. The second-order valence-corrected chi connectivity index (χ2v) is 5.05. The average molecular weight is 270 g/mol. The molecule has 2 aromatic rings. The molecular weight excluding hydrogens is 252 g/mol. The number of piperidine rings is 1. The van der Waals surface area contributed by atoms with Gasteiger partial charge in [-0.25, -0.2) is 19.9 Å². The number of aromatic nitrogens is 4. The third-order valence-electron chi connectivity index (χ3n) is 3.61. The van der Waals surface area contributed by atoms with Gasteiger partial charge in [-0.1, -0.05) is 6.42 Å². The van der Waals surface area contributed by atoms with Crippen molar-refractivity contribution in [2.45, 2.75) is 25.3 Å². The summed E-state index contributed by atoms with van der Waals surface area (Å²) in [5, 5.41) is 3.13. The van der Waals surface area contributed by atoms with Crippen LogP contribution in [0.15, 0.2) is 31.0 Å². The summed E-state index contributed by atoms with van der Waals surface area (Å²) < 4.78 is 0. The van der Waals surface area contributed by atoms with Crippen molar-refractivity contribution in [3.8, 4) is 0 Å². The minimum Gasteiger partial charge on any atom is -0.322 e. The van der Waals surface area contributed by atoms with E-state index in [9.17, 15) is 0 Å². The van der Waals surface area contributed by atoms with Crippen molar-refractivity contribution in [3.05, 3.63) is 36.7 Å². The second-order valence-electron chi connectivity index (χ2n) is 5.05. The molecule has 0 spiro atoms. The molecule has 2 aromatic heterocycles. The summed E-state index contributed by atoms with van der Waals surface area (Å²) in [5.74, 6) is 0.594. The number of anilines is 2. The first-order chi connectivity index (χ1) is 9.83. The molecule has 6 heteroatoms. The molecule has 1 aliphatic heterocycles. The highest BCUT2D eigenvalue weighted by molar-refractivity contribution is 5.49. The van der Waals surface area contributed by atoms with Crippen LogP contribution in [-0.2, 0) is 0 Å². The molecule has 0 aromatic carbocycles. The summed E-state index contributed by atoms with van der Waals surface area (Å²) in [4.78, 5) is 19.2. The Morgan fingerprint density at radius 3 is 2.90 bits per heavy atom. The molecule has 3 rings (SSSR count). The molecule has 104 valence electrons. The van der Waals surface area contributed by atoms with Gasteiger partial charge in [-0.3, -0.25) is 4.90 Å². The summed E-state index contributed by atoms with van der Waals surface area (Å²) >= 11 is 0. The average Bonchev–Trinajstić information content (AvgIpc) is 2.49. The lowest BCUT2D eigenvalue weighted by molar-refractivity contribution is 0.183. The molecule has 6 nitrogen and oxygen atoms in total. The van der Waals surface area contributed by atoms with Crippen LogP contribution in [0.1, 0.15) is 31.0 Å². The maximum atomic E-state index is 4.62. The van der Waals surface area contributed by atoms with Crippen molar-refractivity contribution >= 4 is 11.6 Å². The standard InChI is InChI=1S/C14H18N6/c1-20-7-3-2-4-13(20)12-5-6-17-14(19-12)18-11-8-15-10-16-9-11/h5-6,8-10,13H,2-4,7H2,1H3,(H,17,18,19)/t13-/m1/s1. The lowest BCUT2D eigenvalue weighted by atomic mass is 10.00. The Bertz CT molecular complexity index is 559. The minimum absolute atomic E-state index is 0.388. The van der Waals surface area contributed by atoms with Crippen LogP contribution in [0.4, 0.5) is 11.6 Å². The third kappa shape index (κ3) is 2.91. The molecule has 20 heavy (non-hydrogen) atoms. The van der Waals surface area contributed by atoms with Crippen LogP contribution in [0.25, 0.3) is 0 Å². The largest absolute Gasteiger partial charge is 0.322 e. The van der Waals surface area contributed by atoms with Gasteiger partial charge in [-0.2, -0.15) is 0 Å². The quantitative estimate of drug-likeness (QED) is 0.922. The molecule has 0 bridgehead atoms. The van der Waals surface area contributed by atoms with Crippen molar-refractivity contribution in [1.29, 1.82) is 0 Å². The molecule has 0 unspecified atom stereocenters. The number of rotatable bonds is 3. The third-order valence-corrected chi connectivity index (χ3v) is 3.61. The van der Waals surface area contributed by atoms with E-state index in [2.05, 4.69) is 37.2 Å². The molecule has 1 aliphatic rings. The summed E-state index contributed by atoms with van der Waals surface area (Å²) in [6.45, 7) is 1.13. The van der Waals surface area contributed by atoms with E-state index in [1.807, 2.05) is 6.07 Å². The zero-order chi connectivity index (χ0) is 13.8. The van der Waals surface area contributed by atoms with E-state index in [-0.39, 0.29) is 0 Å². The Hall–Kier alpha value is -2.08. The lowest BCUT2D eigenvalue weighted by Gasteiger charge is -2.31. The Balaban J connectivity index is 1.79. The SMILES string of the molecule is CN1CCCC[C@@H]1c1ccnc(Nc2cncnc2)n1. The van der Waals surface area contributed by atoms with Crippen LogP contribution < -0.4 is 5.32 Å². The number of hydrogen-bond donors (Lipinski definition) is 1. The molecule has 1 saturated heterocycles. The fourth-order valence-electron chi connectivity index (χ4n) is 2.56. The van der Waals surface area contributed by atoms with Gasteiger partial charge in [0, 0.05) is 6.20 Å². The van der Waals surface area contributed by atoms with Crippen LogP contribution >= 0.6 is 0 Å². The Kier molecular flexibility index (Phi) is 3.83. The lowest BCUT2D eigenvalue weighted by Crippen LogP contribution is -2.30. The van der Waals surface area contributed by atoms with Crippen LogP contribution in [0.5, 0.6) is 0 Å². The van der Waals surface area contributed by atoms with Gasteiger partial charge in [0.05, 0.1) is 29.8 Å². The first-order valence-corrected chi connectivity index (χ1v) is 6.88. The Morgan fingerprint density at radius 2 is 2.10 bits per heavy atom. The monoisotopic (exact) mass is 270 g/mol. The molecule has 0 saturated carbocycles. The topological polar surface area (TPSA) is 66.8 Å². The van der Waals surface area contributed by atoms with Crippen LogP contribution in [0.2, 0.25) is 0 Å². The van der Waals surface area contributed by atoms with Gasteiger partial charge in [-0.05, 0) is 32.5 Å². The van der Waals surface area contributed by atoms with Gasteiger partial charge in [-0.15, -0.1) is 0 Å². The smallest absolute Gasteiger partial charge is 0.227 e. The van der Waals surface area contributed by atoms with Gasteiger partial charge in [0.25, 0.3) is 0 Å². The van der Waals surface area contributed by atoms with Crippen LogP contribution in [0.3, 0.4) is 0 Å². The number of hydrogen-bond acceptors (Lipinski definition) is 6. The van der Waals surface area contributed by atoms with E-state index in [0.717, 1.165) is 24.3 Å². The maximum Gasteiger partial charge on any atom is 0.227 e. The number of likely N-dealkylation sites (tertiary alicyclic amines) is 1. The molecule has 1 atom stereocenters. The zero-order valence-corrected chi connectivity index (χ0v) is 11.5. The van der Waals surface area contributed by atoms with E-state index >= 15 is 0 Å². The maximum absolute atomic E-state index is 4.62. The second kappa shape index (κ2) is 5.92. The number of nitrogens with zero attached hydrogens (tertiary/aromatic N) is 5. The summed E-state index contributed by atoms with van der Waals surface area (Å²) in [5.41, 5.74) is 1.86. The van der Waals surface area contributed by atoms with E-state index in [1.54, 1.807) is 18.6 Å². The fraction of sp³-hybridized carbons (Fsp3) is 0.429. The van der Waals surface area contributed by atoms with E-state index in [0.29, 0.717) is 12.0 Å². The summed E-state index contributed by atoms with van der Waals surface area (Å²) in [6, 6.07) is 2.39. The van der Waals surface area contributed by atoms with Crippen LogP contribution in [-0.4, -0.2) is 38.4 Å². The summed E-state index contributed by atoms with van der Waals surface area (Å²) in [6.07, 6.45) is 10.4. The van der Waals surface area contributed by atoms with Crippen molar-refractivity contribution in [3.63, 3.8) is 0 Å². The predicted octanol–water partition coefficient (Wildman–Crippen LogP) is 2.17. The highest BCUT2D eigenvalue weighted by Gasteiger charge is 2.22. The van der Waals surface area contributed by atoms with Crippen molar-refractivity contribution < 1.29 is 0 Å². The number of nitrogens with one attached hydrogen (secondary N) is 1. The molecular formula is C14H18N6. The Labute approximate surface area is 118 Å². The molecule has 0 radical (unpaired) electrons. The van der Waals surface area contributed by atoms with Gasteiger partial charge in [0.1, 0.15) is 6.33 Å². The highest BCUT2D eigenvalue weighted by atomic mass is 15.2. The van der Waals surface area contributed by atoms with E-state index < -0.39 is 0 Å². The Morgan fingerprint density at radius 1 is 1.25 bits per heavy atom. The van der Waals surface area contributed by atoms with E-state index in [4.69, 9.17) is 0 Å². The molecule has 0 aliphatic carbocycles. The first kappa shape index (κ1) is 12.9. The minimum atomic E-state index is 0.388.